The summed E-state index contributed by atoms with van der Waals surface area (Å²) in [6.45, 7) is -0.560. The van der Waals surface area contributed by atoms with E-state index in [1.807, 2.05) is 0 Å². The molecule has 1 heterocycles. The first kappa shape index (κ1) is 21.2. The zero-order valence-electron chi connectivity index (χ0n) is 14.7. The van der Waals surface area contributed by atoms with Crippen molar-refractivity contribution in [2.75, 3.05) is 16.8 Å². The Morgan fingerprint density at radius 2 is 1.41 bits per heavy atom. The van der Waals surface area contributed by atoms with Crippen molar-refractivity contribution in [1.29, 1.82) is 0 Å². The van der Waals surface area contributed by atoms with E-state index >= 15 is 0 Å². The minimum Gasteiger partial charge on any atom is -0.319 e. The van der Waals surface area contributed by atoms with Crippen LogP contribution in [0.4, 0.5) is 37.7 Å². The number of alkyl halides is 6. The summed E-state index contributed by atoms with van der Waals surface area (Å²) in [4.78, 5) is 0.801. The minimum atomic E-state index is -6.60. The molecule has 12 heteroatoms. The van der Waals surface area contributed by atoms with Crippen LogP contribution in [-0.4, -0.2) is 33.0 Å². The highest BCUT2D eigenvalue weighted by molar-refractivity contribution is 7.87. The monoisotopic (exact) mass is 440 g/mol. The van der Waals surface area contributed by atoms with Crippen LogP contribution in [0.1, 0.15) is 5.56 Å². The zero-order valence-corrected chi connectivity index (χ0v) is 15.5. The Morgan fingerprint density at radius 1 is 0.897 bits per heavy atom. The molecule has 1 unspecified atom stereocenters. The summed E-state index contributed by atoms with van der Waals surface area (Å²) < 4.78 is 109. The molecule has 0 radical (unpaired) electrons. The summed E-state index contributed by atoms with van der Waals surface area (Å²) in [6.07, 6.45) is -5.55. The van der Waals surface area contributed by atoms with E-state index in [0.29, 0.717) is 15.4 Å². The second-order valence-electron chi connectivity index (χ2n) is 6.21. The summed E-state index contributed by atoms with van der Waals surface area (Å²) in [7, 11) is -5.78. The highest BCUT2D eigenvalue weighted by atomic mass is 32.2. The van der Waals surface area contributed by atoms with Crippen molar-refractivity contribution in [3.8, 4) is 0 Å². The molecule has 0 saturated carbocycles. The van der Waals surface area contributed by atoms with Gasteiger partial charge < -0.3 is 9.80 Å². The molecule has 2 aromatic rings. The fourth-order valence-corrected chi connectivity index (χ4v) is 3.83. The Hall–Kier alpha value is -2.47. The van der Waals surface area contributed by atoms with Crippen molar-refractivity contribution in [3.63, 3.8) is 0 Å². The maximum Gasteiger partial charge on any atom is 0.523 e. The lowest BCUT2D eigenvalue weighted by Gasteiger charge is -2.43. The highest BCUT2D eigenvalue weighted by Crippen LogP contribution is 2.53. The third-order valence-electron chi connectivity index (χ3n) is 4.42. The predicted octanol–water partition coefficient (Wildman–Crippen LogP) is 4.23. The number of rotatable bonds is 4. The SMILES string of the molecule is CN1c2ccccc2N(Cc2ccccc2)C1(OS(=O)(=O)C(F)(F)F)C(F)(F)F. The lowest BCUT2D eigenvalue weighted by atomic mass is 10.2. The summed E-state index contributed by atoms with van der Waals surface area (Å²) in [6, 6.07) is 12.8. The smallest absolute Gasteiger partial charge is 0.319 e. The van der Waals surface area contributed by atoms with E-state index in [0.717, 1.165) is 7.05 Å². The second-order valence-corrected chi connectivity index (χ2v) is 7.75. The molecular formula is C17H14F6N2O3S. The Morgan fingerprint density at radius 3 is 1.93 bits per heavy atom. The lowest BCUT2D eigenvalue weighted by molar-refractivity contribution is -0.247. The van der Waals surface area contributed by atoms with E-state index in [2.05, 4.69) is 4.18 Å². The first-order valence-corrected chi connectivity index (χ1v) is 9.45. The van der Waals surface area contributed by atoms with Crippen molar-refractivity contribution >= 4 is 21.5 Å². The van der Waals surface area contributed by atoms with Crippen LogP contribution in [0.25, 0.3) is 0 Å². The molecule has 0 aromatic heterocycles. The normalized spacial score (nSPS) is 20.1. The molecule has 3 rings (SSSR count). The molecule has 158 valence electrons. The quantitative estimate of drug-likeness (QED) is 0.405. The van der Waals surface area contributed by atoms with Crippen LogP contribution in [0.2, 0.25) is 0 Å². The van der Waals surface area contributed by atoms with E-state index in [-0.39, 0.29) is 11.4 Å². The van der Waals surface area contributed by atoms with Gasteiger partial charge >= 0.3 is 27.7 Å². The van der Waals surface area contributed by atoms with Crippen molar-refractivity contribution in [3.05, 3.63) is 60.2 Å². The number of anilines is 2. The number of fused-ring (bicyclic) bond motifs is 1. The average molecular weight is 440 g/mol. The number of benzene rings is 2. The van der Waals surface area contributed by atoms with Crippen LogP contribution < -0.4 is 9.80 Å². The van der Waals surface area contributed by atoms with Gasteiger partial charge in [0.15, 0.2) is 0 Å². The maximum absolute atomic E-state index is 14.3. The highest BCUT2D eigenvalue weighted by Gasteiger charge is 2.71. The first-order valence-electron chi connectivity index (χ1n) is 8.04. The van der Waals surface area contributed by atoms with Gasteiger partial charge in [0.25, 0.3) is 0 Å². The molecule has 0 amide bonds. The number of nitrogens with zero attached hydrogens (tertiary/aromatic N) is 2. The summed E-state index contributed by atoms with van der Waals surface area (Å²) >= 11 is 0. The zero-order chi connectivity index (χ0) is 21.7. The number of hydrogen-bond acceptors (Lipinski definition) is 5. The van der Waals surface area contributed by atoms with Gasteiger partial charge in [0, 0.05) is 13.6 Å². The van der Waals surface area contributed by atoms with E-state index in [4.69, 9.17) is 0 Å². The molecule has 1 aliphatic heterocycles. The number of halogens is 6. The Kier molecular flexibility index (Phi) is 4.98. The molecule has 0 N–H and O–H groups in total. The van der Waals surface area contributed by atoms with Crippen LogP contribution in [0.15, 0.2) is 54.6 Å². The predicted molar refractivity (Wildman–Crippen MR) is 92.3 cm³/mol. The van der Waals surface area contributed by atoms with E-state index in [9.17, 15) is 34.8 Å². The first-order chi connectivity index (χ1) is 13.3. The van der Waals surface area contributed by atoms with E-state index in [1.54, 1.807) is 6.07 Å². The third-order valence-corrected chi connectivity index (χ3v) is 5.44. The van der Waals surface area contributed by atoms with Gasteiger partial charge in [0.1, 0.15) is 0 Å². The molecule has 1 atom stereocenters. The molecule has 0 bridgehead atoms. The standard InChI is InChI=1S/C17H14F6N2O3S/c1-24-13-9-5-6-10-14(13)25(11-12-7-3-2-4-8-12)16(24,15(18,19)20)28-29(26,27)17(21,22)23/h2-10H,11H2,1H3. The average Bonchev–Trinajstić information content (AvgIpc) is 2.85. The minimum absolute atomic E-state index is 0.131. The maximum atomic E-state index is 14.3. The van der Waals surface area contributed by atoms with Crippen LogP contribution in [0, 0.1) is 0 Å². The third kappa shape index (κ3) is 3.39. The number of hydrogen-bond donors (Lipinski definition) is 0. The number of para-hydroxylation sites is 2. The molecule has 2 aromatic carbocycles. The van der Waals surface area contributed by atoms with E-state index in [1.165, 1.54) is 48.5 Å². The van der Waals surface area contributed by atoms with Crippen LogP contribution in [0.5, 0.6) is 0 Å². The van der Waals surface area contributed by atoms with Crippen LogP contribution in [0.3, 0.4) is 0 Å². The Balaban J connectivity index is 2.24. The van der Waals surface area contributed by atoms with E-state index < -0.39 is 34.2 Å². The van der Waals surface area contributed by atoms with Gasteiger partial charge in [-0.05, 0) is 17.7 Å². The summed E-state index contributed by atoms with van der Waals surface area (Å²) in [5, 5.41) is 0. The molecule has 0 fully saturated rings. The summed E-state index contributed by atoms with van der Waals surface area (Å²) in [5.74, 6) is -3.93. The van der Waals surface area contributed by atoms with Gasteiger partial charge in [0.05, 0.1) is 11.4 Å². The fourth-order valence-electron chi connectivity index (χ4n) is 3.13. The summed E-state index contributed by atoms with van der Waals surface area (Å²) in [5.41, 5.74) is -6.01. The molecule has 1 aliphatic rings. The fraction of sp³-hybridized carbons (Fsp3) is 0.294. The molecule has 5 nitrogen and oxygen atoms in total. The molecule has 29 heavy (non-hydrogen) atoms. The van der Waals surface area contributed by atoms with Gasteiger partial charge in [0.2, 0.25) is 0 Å². The lowest BCUT2D eigenvalue weighted by Crippen LogP contribution is -2.68. The molecular weight excluding hydrogens is 426 g/mol. The molecule has 0 spiro atoms. The van der Waals surface area contributed by atoms with Crippen LogP contribution in [-0.2, 0) is 20.8 Å². The Labute approximate surface area is 162 Å². The van der Waals surface area contributed by atoms with Crippen molar-refractivity contribution in [2.24, 2.45) is 0 Å². The van der Waals surface area contributed by atoms with Gasteiger partial charge in [-0.1, -0.05) is 42.5 Å². The van der Waals surface area contributed by atoms with Crippen molar-refractivity contribution in [1.82, 2.24) is 0 Å². The van der Waals surface area contributed by atoms with Gasteiger partial charge in [-0.2, -0.15) is 34.8 Å². The van der Waals surface area contributed by atoms with Gasteiger partial charge in [-0.15, -0.1) is 0 Å². The van der Waals surface area contributed by atoms with Gasteiger partial charge in [-0.3, -0.25) is 0 Å². The molecule has 0 saturated heterocycles. The molecule has 0 aliphatic carbocycles. The second kappa shape index (κ2) is 6.80. The van der Waals surface area contributed by atoms with Crippen LogP contribution >= 0.6 is 0 Å². The Bertz CT molecular complexity index is 994. The van der Waals surface area contributed by atoms with Crippen molar-refractivity contribution < 1.29 is 38.9 Å². The largest absolute Gasteiger partial charge is 0.523 e. The topological polar surface area (TPSA) is 49.9 Å². The van der Waals surface area contributed by atoms with Gasteiger partial charge in [-0.25, -0.2) is 4.18 Å². The van der Waals surface area contributed by atoms with Crippen molar-refractivity contribution in [2.45, 2.75) is 24.1 Å².